The number of benzene rings is 1. The highest BCUT2D eigenvalue weighted by atomic mass is 19.4. The highest BCUT2D eigenvalue weighted by molar-refractivity contribution is 5.92. The Morgan fingerprint density at radius 1 is 1.05 bits per heavy atom. The molecule has 0 amide bonds. The van der Waals surface area contributed by atoms with E-state index in [4.69, 9.17) is 0 Å². The van der Waals surface area contributed by atoms with Gasteiger partial charge in [0, 0.05) is 6.42 Å². The van der Waals surface area contributed by atoms with Crippen LogP contribution in [0.3, 0.4) is 0 Å². The Morgan fingerprint density at radius 2 is 1.67 bits per heavy atom. The lowest BCUT2D eigenvalue weighted by molar-refractivity contribution is -0.137. The zero-order chi connectivity index (χ0) is 15.7. The average Bonchev–Trinajstić information content (AvgIpc) is 2.33. The van der Waals surface area contributed by atoms with E-state index in [1.54, 1.807) is 18.2 Å². The van der Waals surface area contributed by atoms with E-state index in [1.165, 1.54) is 12.1 Å². The molecule has 21 heavy (non-hydrogen) atoms. The molecule has 0 saturated heterocycles. The molecule has 4 heteroatoms. The predicted molar refractivity (Wildman–Crippen MR) is 76.6 cm³/mol. The number of ketones is 1. The van der Waals surface area contributed by atoms with Crippen LogP contribution >= 0.6 is 0 Å². The fourth-order valence-corrected chi connectivity index (χ4v) is 2.49. The first-order valence-corrected chi connectivity index (χ1v) is 6.74. The van der Waals surface area contributed by atoms with Crippen molar-refractivity contribution in [1.29, 1.82) is 0 Å². The number of rotatable bonds is 2. The monoisotopic (exact) mass is 294 g/mol. The number of carbonyl (C=O) groups excluding carboxylic acids is 1. The van der Waals surface area contributed by atoms with Gasteiger partial charge >= 0.3 is 6.18 Å². The van der Waals surface area contributed by atoms with Crippen LogP contribution in [0, 0.1) is 5.41 Å². The third kappa shape index (κ3) is 4.31. The minimum Gasteiger partial charge on any atom is -0.295 e. The van der Waals surface area contributed by atoms with E-state index in [9.17, 15) is 18.0 Å². The van der Waals surface area contributed by atoms with Gasteiger partial charge in [-0.05, 0) is 41.2 Å². The van der Waals surface area contributed by atoms with Crippen molar-refractivity contribution >= 4 is 11.9 Å². The molecule has 0 heterocycles. The summed E-state index contributed by atoms with van der Waals surface area (Å²) in [5, 5.41) is 0. The van der Waals surface area contributed by atoms with Crippen LogP contribution in [0.1, 0.15) is 37.8 Å². The van der Waals surface area contributed by atoms with Crippen LogP contribution in [-0.2, 0) is 11.0 Å². The van der Waals surface area contributed by atoms with E-state index in [1.807, 2.05) is 13.8 Å². The number of carbonyl (C=O) groups is 1. The van der Waals surface area contributed by atoms with E-state index in [0.717, 1.165) is 24.1 Å². The van der Waals surface area contributed by atoms with Crippen LogP contribution in [0.15, 0.2) is 42.0 Å². The molecule has 0 atom stereocenters. The molecule has 0 N–H and O–H groups in total. The maximum Gasteiger partial charge on any atom is 0.416 e. The Morgan fingerprint density at radius 3 is 2.19 bits per heavy atom. The van der Waals surface area contributed by atoms with E-state index in [-0.39, 0.29) is 11.2 Å². The lowest BCUT2D eigenvalue weighted by Crippen LogP contribution is -2.21. The van der Waals surface area contributed by atoms with Gasteiger partial charge < -0.3 is 0 Å². The predicted octanol–water partition coefficient (Wildman–Crippen LogP) is 5.03. The van der Waals surface area contributed by atoms with Crippen molar-refractivity contribution in [2.24, 2.45) is 5.41 Å². The molecule has 0 radical (unpaired) electrons. The molecule has 0 aliphatic heterocycles. The molecular weight excluding hydrogens is 277 g/mol. The first-order valence-electron chi connectivity index (χ1n) is 6.74. The van der Waals surface area contributed by atoms with Gasteiger partial charge in [0.15, 0.2) is 5.78 Å². The quantitative estimate of drug-likeness (QED) is 0.747. The van der Waals surface area contributed by atoms with Gasteiger partial charge in [-0.3, -0.25) is 4.79 Å². The van der Waals surface area contributed by atoms with Gasteiger partial charge in [0.05, 0.1) is 5.56 Å². The van der Waals surface area contributed by atoms with Gasteiger partial charge in [0.1, 0.15) is 0 Å². The number of alkyl halides is 3. The topological polar surface area (TPSA) is 17.1 Å². The Labute approximate surface area is 122 Å². The summed E-state index contributed by atoms with van der Waals surface area (Å²) in [6, 6.07) is 4.97. The average molecular weight is 294 g/mol. The van der Waals surface area contributed by atoms with Gasteiger partial charge in [0.25, 0.3) is 0 Å². The third-order valence-electron chi connectivity index (χ3n) is 3.41. The van der Waals surface area contributed by atoms with Gasteiger partial charge in [-0.2, -0.15) is 13.2 Å². The van der Waals surface area contributed by atoms with E-state index < -0.39 is 11.7 Å². The Hall–Kier alpha value is -1.84. The van der Waals surface area contributed by atoms with E-state index in [2.05, 4.69) is 0 Å². The van der Waals surface area contributed by atoms with Gasteiger partial charge in [-0.1, -0.05) is 38.1 Å². The van der Waals surface area contributed by atoms with Crippen molar-refractivity contribution in [1.82, 2.24) is 0 Å². The largest absolute Gasteiger partial charge is 0.416 e. The highest BCUT2D eigenvalue weighted by Gasteiger charge is 2.30. The SMILES string of the molecule is CC1(C)CC(=O)C=C(/C=C/c2ccc(C(F)(F)F)cc2)C1. The standard InChI is InChI=1S/C17H17F3O/c1-16(2)10-13(9-15(21)11-16)4-3-12-5-7-14(8-6-12)17(18,19)20/h3-9H,10-11H2,1-2H3/b4-3+. The summed E-state index contributed by atoms with van der Waals surface area (Å²) in [4.78, 5) is 11.6. The second-order valence-corrected chi connectivity index (χ2v) is 6.16. The molecular formula is C17H17F3O. The number of hydrogen-bond acceptors (Lipinski definition) is 1. The summed E-state index contributed by atoms with van der Waals surface area (Å²) in [5.41, 5.74) is 0.870. The molecule has 1 aromatic carbocycles. The minimum atomic E-state index is -4.31. The van der Waals surface area contributed by atoms with Gasteiger partial charge in [0.2, 0.25) is 0 Å². The zero-order valence-corrected chi connectivity index (χ0v) is 12.0. The summed E-state index contributed by atoms with van der Waals surface area (Å²) in [5.74, 6) is 0.0957. The summed E-state index contributed by atoms with van der Waals surface area (Å²) < 4.78 is 37.4. The van der Waals surface area contributed by atoms with Crippen molar-refractivity contribution < 1.29 is 18.0 Å². The highest BCUT2D eigenvalue weighted by Crippen LogP contribution is 2.34. The fourth-order valence-electron chi connectivity index (χ4n) is 2.49. The zero-order valence-electron chi connectivity index (χ0n) is 12.0. The molecule has 0 spiro atoms. The van der Waals surface area contributed by atoms with Gasteiger partial charge in [-0.25, -0.2) is 0 Å². The molecule has 1 aliphatic rings. The molecule has 112 valence electrons. The molecule has 2 rings (SSSR count). The van der Waals surface area contributed by atoms with Crippen LogP contribution < -0.4 is 0 Å². The summed E-state index contributed by atoms with van der Waals surface area (Å²) in [6.45, 7) is 4.06. The molecule has 0 unspecified atom stereocenters. The number of halogens is 3. The maximum absolute atomic E-state index is 12.5. The maximum atomic E-state index is 12.5. The summed E-state index contributed by atoms with van der Waals surface area (Å²) >= 11 is 0. The third-order valence-corrected chi connectivity index (χ3v) is 3.41. The normalized spacial score (nSPS) is 18.9. The lowest BCUT2D eigenvalue weighted by Gasteiger charge is -2.27. The summed E-state index contributed by atoms with van der Waals surface area (Å²) in [7, 11) is 0. The molecule has 1 aliphatic carbocycles. The number of allylic oxidation sites excluding steroid dienone is 3. The second-order valence-electron chi connectivity index (χ2n) is 6.16. The van der Waals surface area contributed by atoms with Crippen molar-refractivity contribution in [3.8, 4) is 0 Å². The molecule has 0 aromatic heterocycles. The molecule has 0 saturated carbocycles. The fraction of sp³-hybridized carbons (Fsp3) is 0.353. The second kappa shape index (κ2) is 5.51. The van der Waals surface area contributed by atoms with Crippen LogP contribution in [0.2, 0.25) is 0 Å². The van der Waals surface area contributed by atoms with Gasteiger partial charge in [-0.15, -0.1) is 0 Å². The van der Waals surface area contributed by atoms with Crippen molar-refractivity contribution in [2.45, 2.75) is 32.9 Å². The van der Waals surface area contributed by atoms with Crippen molar-refractivity contribution in [3.05, 3.63) is 53.1 Å². The van der Waals surface area contributed by atoms with Crippen molar-refractivity contribution in [3.63, 3.8) is 0 Å². The molecule has 1 aromatic rings. The smallest absolute Gasteiger partial charge is 0.295 e. The molecule has 0 bridgehead atoms. The minimum absolute atomic E-state index is 0.0638. The van der Waals surface area contributed by atoms with Crippen LogP contribution in [0.25, 0.3) is 6.08 Å². The Balaban J connectivity index is 2.13. The first-order chi connectivity index (χ1) is 9.66. The van der Waals surface area contributed by atoms with Crippen LogP contribution in [0.4, 0.5) is 13.2 Å². The van der Waals surface area contributed by atoms with Crippen LogP contribution in [-0.4, -0.2) is 5.78 Å². The molecule has 0 fully saturated rings. The lowest BCUT2D eigenvalue weighted by atomic mass is 9.77. The van der Waals surface area contributed by atoms with Crippen molar-refractivity contribution in [2.75, 3.05) is 0 Å². The Kier molecular flexibility index (Phi) is 4.08. The van der Waals surface area contributed by atoms with E-state index in [0.29, 0.717) is 12.0 Å². The Bertz CT molecular complexity index is 589. The van der Waals surface area contributed by atoms with Crippen LogP contribution in [0.5, 0.6) is 0 Å². The first kappa shape index (κ1) is 15.5. The number of hydrogen-bond donors (Lipinski definition) is 0. The van der Waals surface area contributed by atoms with E-state index >= 15 is 0 Å². The summed E-state index contributed by atoms with van der Waals surface area (Å²) in [6.07, 6.45) is 2.17. The molecule has 1 nitrogen and oxygen atoms in total.